The molecule has 0 saturated heterocycles. The Morgan fingerprint density at radius 1 is 1.12 bits per heavy atom. The summed E-state index contributed by atoms with van der Waals surface area (Å²) in [5.74, 6) is -0.370. The van der Waals surface area contributed by atoms with Gasteiger partial charge in [0.15, 0.2) is 0 Å². The van der Waals surface area contributed by atoms with Crippen LogP contribution in [-0.4, -0.2) is 21.5 Å². The van der Waals surface area contributed by atoms with Crippen molar-refractivity contribution in [3.63, 3.8) is 0 Å². The second-order valence-electron chi connectivity index (χ2n) is 4.87. The van der Waals surface area contributed by atoms with E-state index in [1.165, 1.54) is 12.1 Å². The van der Waals surface area contributed by atoms with E-state index in [9.17, 15) is 25.0 Å². The summed E-state index contributed by atoms with van der Waals surface area (Å²) in [6.07, 6.45) is 0. The number of nitrogens with one attached hydrogen (secondary N) is 1. The first kappa shape index (κ1) is 17.4. The maximum Gasteiger partial charge on any atom is 0.289 e. The van der Waals surface area contributed by atoms with Crippen LogP contribution in [0.15, 0.2) is 47.4 Å². The van der Waals surface area contributed by atoms with E-state index in [4.69, 9.17) is 0 Å². The molecule has 0 unspecified atom stereocenters. The first-order chi connectivity index (χ1) is 11.4. The number of benzene rings is 2. The van der Waals surface area contributed by atoms with Crippen molar-refractivity contribution in [1.82, 2.24) is 0 Å². The molecule has 0 spiro atoms. The lowest BCUT2D eigenvalue weighted by Gasteiger charge is -2.06. The first-order valence-corrected chi connectivity index (χ1v) is 7.77. The highest BCUT2D eigenvalue weighted by Gasteiger charge is 2.20. The molecule has 0 aliphatic carbocycles. The highest BCUT2D eigenvalue weighted by Crippen LogP contribution is 2.32. The number of thioether (sulfide) groups is 1. The van der Waals surface area contributed by atoms with Gasteiger partial charge in [0.05, 0.1) is 26.6 Å². The summed E-state index contributed by atoms with van der Waals surface area (Å²) in [4.78, 5) is 32.5. The van der Waals surface area contributed by atoms with Crippen LogP contribution < -0.4 is 5.32 Å². The number of non-ortho nitro benzene ring substituents is 1. The van der Waals surface area contributed by atoms with Gasteiger partial charge in [0.25, 0.3) is 11.4 Å². The summed E-state index contributed by atoms with van der Waals surface area (Å²) in [7, 11) is 0. The molecule has 0 heterocycles. The second-order valence-corrected chi connectivity index (χ2v) is 5.89. The number of hydrogen-bond acceptors (Lipinski definition) is 6. The van der Waals surface area contributed by atoms with Gasteiger partial charge in [-0.3, -0.25) is 25.0 Å². The summed E-state index contributed by atoms with van der Waals surface area (Å²) in [6, 6.07) is 10.6. The number of nitro benzene ring substituents is 2. The summed E-state index contributed by atoms with van der Waals surface area (Å²) < 4.78 is 0. The maximum absolute atomic E-state index is 11.9. The van der Waals surface area contributed by atoms with Crippen molar-refractivity contribution in [2.45, 2.75) is 11.8 Å². The van der Waals surface area contributed by atoms with Crippen LogP contribution in [-0.2, 0) is 4.79 Å². The van der Waals surface area contributed by atoms with Gasteiger partial charge in [-0.15, -0.1) is 11.8 Å². The Labute approximate surface area is 141 Å². The number of carbonyl (C=O) groups is 1. The van der Waals surface area contributed by atoms with Crippen molar-refractivity contribution in [3.8, 4) is 0 Å². The zero-order valence-electron chi connectivity index (χ0n) is 12.6. The SMILES string of the molecule is Cc1cccc(NC(=O)CSc2ccc([N+](=O)[O-])cc2[N+](=O)[O-])c1. The molecule has 9 heteroatoms. The number of aryl methyl sites for hydroxylation is 1. The highest BCUT2D eigenvalue weighted by atomic mass is 32.2. The van der Waals surface area contributed by atoms with Crippen molar-refractivity contribution < 1.29 is 14.6 Å². The smallest absolute Gasteiger partial charge is 0.289 e. The van der Waals surface area contributed by atoms with Gasteiger partial charge >= 0.3 is 0 Å². The minimum atomic E-state index is -0.702. The topological polar surface area (TPSA) is 115 Å². The van der Waals surface area contributed by atoms with Crippen LogP contribution in [0, 0.1) is 27.2 Å². The van der Waals surface area contributed by atoms with Gasteiger partial charge < -0.3 is 5.32 Å². The molecular weight excluding hydrogens is 334 g/mol. The second kappa shape index (κ2) is 7.55. The Morgan fingerprint density at radius 2 is 1.88 bits per heavy atom. The number of hydrogen-bond donors (Lipinski definition) is 1. The van der Waals surface area contributed by atoms with Crippen molar-refractivity contribution in [2.24, 2.45) is 0 Å². The molecule has 0 fully saturated rings. The molecule has 0 atom stereocenters. The number of nitrogens with zero attached hydrogens (tertiary/aromatic N) is 2. The Kier molecular flexibility index (Phi) is 5.48. The number of carbonyl (C=O) groups excluding carboxylic acids is 1. The number of anilines is 1. The predicted molar refractivity (Wildman–Crippen MR) is 90.3 cm³/mol. The van der Waals surface area contributed by atoms with Gasteiger partial charge in [-0.1, -0.05) is 12.1 Å². The third-order valence-corrected chi connectivity index (χ3v) is 4.07. The van der Waals surface area contributed by atoms with E-state index in [1.807, 2.05) is 13.0 Å². The molecule has 0 bridgehead atoms. The molecule has 1 N–H and O–H groups in total. The van der Waals surface area contributed by atoms with Gasteiger partial charge in [0.2, 0.25) is 5.91 Å². The molecule has 1 amide bonds. The van der Waals surface area contributed by atoms with Gasteiger partial charge in [-0.25, -0.2) is 0 Å². The number of rotatable bonds is 6. The number of nitro groups is 2. The van der Waals surface area contributed by atoms with Crippen LogP contribution in [0.3, 0.4) is 0 Å². The van der Waals surface area contributed by atoms with Crippen molar-refractivity contribution in [1.29, 1.82) is 0 Å². The maximum atomic E-state index is 11.9. The molecule has 8 nitrogen and oxygen atoms in total. The fourth-order valence-electron chi connectivity index (χ4n) is 1.95. The highest BCUT2D eigenvalue weighted by molar-refractivity contribution is 8.00. The normalized spacial score (nSPS) is 10.2. The Balaban J connectivity index is 2.07. The molecular formula is C15H13N3O5S. The molecule has 24 heavy (non-hydrogen) atoms. The fourth-order valence-corrected chi connectivity index (χ4v) is 2.75. The van der Waals surface area contributed by atoms with E-state index in [2.05, 4.69) is 5.32 Å². The van der Waals surface area contributed by atoms with Gasteiger partial charge in [-0.2, -0.15) is 0 Å². The largest absolute Gasteiger partial charge is 0.325 e. The van der Waals surface area contributed by atoms with Crippen LogP contribution in [0.2, 0.25) is 0 Å². The molecule has 0 radical (unpaired) electrons. The Hall–Kier alpha value is -2.94. The lowest BCUT2D eigenvalue weighted by Crippen LogP contribution is -2.14. The van der Waals surface area contributed by atoms with Crippen LogP contribution >= 0.6 is 11.8 Å². The summed E-state index contributed by atoms with van der Waals surface area (Å²) in [5, 5.41) is 24.4. The Morgan fingerprint density at radius 3 is 2.50 bits per heavy atom. The van der Waals surface area contributed by atoms with Crippen molar-refractivity contribution >= 4 is 34.7 Å². The first-order valence-electron chi connectivity index (χ1n) is 6.79. The quantitative estimate of drug-likeness (QED) is 0.485. The molecule has 2 aromatic carbocycles. The lowest BCUT2D eigenvalue weighted by molar-refractivity contribution is -0.396. The average molecular weight is 347 g/mol. The average Bonchev–Trinajstić information content (AvgIpc) is 2.52. The van der Waals surface area contributed by atoms with E-state index >= 15 is 0 Å². The van der Waals surface area contributed by atoms with Crippen molar-refractivity contribution in [2.75, 3.05) is 11.1 Å². The molecule has 0 aliphatic heterocycles. The molecule has 2 aromatic rings. The minimum absolute atomic E-state index is 0.0490. The fraction of sp³-hybridized carbons (Fsp3) is 0.133. The predicted octanol–water partition coefficient (Wildman–Crippen LogP) is 3.54. The summed E-state index contributed by atoms with van der Waals surface area (Å²) in [6.45, 7) is 1.89. The van der Waals surface area contributed by atoms with E-state index in [0.29, 0.717) is 5.69 Å². The van der Waals surface area contributed by atoms with E-state index in [1.54, 1.807) is 18.2 Å². The summed E-state index contributed by atoms with van der Waals surface area (Å²) in [5.41, 5.74) is 0.873. The molecule has 124 valence electrons. The van der Waals surface area contributed by atoms with Gasteiger partial charge in [0.1, 0.15) is 0 Å². The molecule has 0 saturated carbocycles. The van der Waals surface area contributed by atoms with E-state index < -0.39 is 15.5 Å². The molecule has 0 aliphatic rings. The van der Waals surface area contributed by atoms with Crippen LogP contribution in [0.4, 0.5) is 17.1 Å². The van der Waals surface area contributed by atoms with E-state index in [0.717, 1.165) is 23.4 Å². The van der Waals surface area contributed by atoms with Gasteiger partial charge in [0, 0.05) is 11.8 Å². The van der Waals surface area contributed by atoms with E-state index in [-0.39, 0.29) is 22.2 Å². The van der Waals surface area contributed by atoms with Crippen LogP contribution in [0.5, 0.6) is 0 Å². The lowest BCUT2D eigenvalue weighted by atomic mass is 10.2. The van der Waals surface area contributed by atoms with Gasteiger partial charge in [-0.05, 0) is 30.7 Å². The zero-order valence-corrected chi connectivity index (χ0v) is 13.4. The zero-order chi connectivity index (χ0) is 17.7. The Bertz CT molecular complexity index is 809. The van der Waals surface area contributed by atoms with Crippen molar-refractivity contribution in [3.05, 3.63) is 68.3 Å². The third kappa shape index (κ3) is 4.53. The number of amides is 1. The van der Waals surface area contributed by atoms with Crippen LogP contribution in [0.25, 0.3) is 0 Å². The third-order valence-electron chi connectivity index (χ3n) is 3.01. The monoisotopic (exact) mass is 347 g/mol. The standard InChI is InChI=1S/C15H13N3O5S/c1-10-3-2-4-11(7-10)16-15(19)9-24-14-6-5-12(17(20)21)8-13(14)18(22)23/h2-8H,9H2,1H3,(H,16,19). The minimum Gasteiger partial charge on any atom is -0.325 e. The van der Waals surface area contributed by atoms with Crippen LogP contribution in [0.1, 0.15) is 5.56 Å². The molecule has 0 aromatic heterocycles. The summed E-state index contributed by atoms with van der Waals surface area (Å²) >= 11 is 0.951. The molecule has 2 rings (SSSR count).